The van der Waals surface area contributed by atoms with Gasteiger partial charge in [-0.25, -0.2) is 0 Å². The zero-order chi connectivity index (χ0) is 15.4. The Balaban J connectivity index is 2.15. The summed E-state index contributed by atoms with van der Waals surface area (Å²) in [6, 6.07) is 5.20. The normalized spacial score (nSPS) is 17.8. The number of nitrogens with one attached hydrogen (secondary N) is 1. The average molecular weight is 292 g/mol. The summed E-state index contributed by atoms with van der Waals surface area (Å²) in [5.41, 5.74) is 0.742. The number of anilines is 1. The number of carbonyl (C=O) groups excluding carboxylic acids is 2. The fraction of sp³-hybridized carbons (Fsp3) is 0.467. The Bertz CT molecular complexity index is 544. The van der Waals surface area contributed by atoms with Crippen LogP contribution >= 0.6 is 0 Å². The highest BCUT2D eigenvalue weighted by atomic mass is 16.5. The number of amides is 2. The zero-order valence-corrected chi connectivity index (χ0v) is 12.5. The van der Waals surface area contributed by atoms with Crippen LogP contribution in [0, 0.1) is 0 Å². The molecule has 6 heteroatoms. The molecular formula is C15H20N2O4. The van der Waals surface area contributed by atoms with Crippen molar-refractivity contribution in [3.63, 3.8) is 0 Å². The fourth-order valence-corrected chi connectivity index (χ4v) is 2.38. The number of carbonyl (C=O) groups is 2. The number of nitrogens with zero attached hydrogens (tertiary/aromatic N) is 1. The molecule has 1 aliphatic heterocycles. The minimum absolute atomic E-state index is 0.0105. The van der Waals surface area contributed by atoms with Crippen LogP contribution in [0.15, 0.2) is 18.2 Å². The van der Waals surface area contributed by atoms with Crippen LogP contribution in [0.25, 0.3) is 0 Å². The number of hydrogen-bond acceptors (Lipinski definition) is 4. The Labute approximate surface area is 124 Å². The van der Waals surface area contributed by atoms with E-state index in [0.717, 1.165) is 5.69 Å². The summed E-state index contributed by atoms with van der Waals surface area (Å²) in [5, 5.41) is 2.85. The van der Waals surface area contributed by atoms with Crippen molar-refractivity contribution in [2.45, 2.75) is 25.8 Å². The molecular weight excluding hydrogens is 272 g/mol. The SMILES string of the molecule is CCC(=O)N[C@@H]1CC(=O)N(c2ccc(OC)c(OC)c2)C1. The Morgan fingerprint density at radius 2 is 2.05 bits per heavy atom. The van der Waals surface area contributed by atoms with Crippen LogP contribution in [-0.2, 0) is 9.59 Å². The molecule has 1 aliphatic rings. The van der Waals surface area contributed by atoms with Gasteiger partial charge in [0.05, 0.1) is 20.3 Å². The van der Waals surface area contributed by atoms with Gasteiger partial charge in [0.25, 0.3) is 0 Å². The summed E-state index contributed by atoms with van der Waals surface area (Å²) in [7, 11) is 3.12. The quantitative estimate of drug-likeness (QED) is 0.889. The lowest BCUT2D eigenvalue weighted by atomic mass is 10.2. The first-order valence-electron chi connectivity index (χ1n) is 6.90. The summed E-state index contributed by atoms with van der Waals surface area (Å²) in [6.45, 7) is 2.26. The molecule has 2 amide bonds. The van der Waals surface area contributed by atoms with Gasteiger partial charge in [-0.05, 0) is 12.1 Å². The van der Waals surface area contributed by atoms with Crippen molar-refractivity contribution in [3.05, 3.63) is 18.2 Å². The zero-order valence-electron chi connectivity index (χ0n) is 12.5. The molecule has 6 nitrogen and oxygen atoms in total. The van der Waals surface area contributed by atoms with Gasteiger partial charge in [-0.3, -0.25) is 9.59 Å². The molecule has 1 saturated heterocycles. The van der Waals surface area contributed by atoms with Gasteiger partial charge in [0.1, 0.15) is 0 Å². The number of benzene rings is 1. The number of methoxy groups -OCH3 is 2. The summed E-state index contributed by atoms with van der Waals surface area (Å²) in [4.78, 5) is 25.2. The van der Waals surface area contributed by atoms with Crippen molar-refractivity contribution in [3.8, 4) is 11.5 Å². The van der Waals surface area contributed by atoms with Gasteiger partial charge in [0.2, 0.25) is 11.8 Å². The van der Waals surface area contributed by atoms with Gasteiger partial charge in [0, 0.05) is 31.1 Å². The minimum Gasteiger partial charge on any atom is -0.493 e. The lowest BCUT2D eigenvalue weighted by Gasteiger charge is -2.19. The van der Waals surface area contributed by atoms with E-state index in [0.29, 0.717) is 30.9 Å². The molecule has 0 aromatic heterocycles. The molecule has 114 valence electrons. The highest BCUT2D eigenvalue weighted by molar-refractivity contribution is 5.97. The Kier molecular flexibility index (Phi) is 4.67. The third kappa shape index (κ3) is 3.26. The molecule has 0 saturated carbocycles. The number of ether oxygens (including phenoxy) is 2. The molecule has 0 radical (unpaired) electrons. The molecule has 1 fully saturated rings. The molecule has 0 bridgehead atoms. The maximum absolute atomic E-state index is 12.1. The molecule has 1 atom stereocenters. The van der Waals surface area contributed by atoms with E-state index in [1.807, 2.05) is 6.07 Å². The molecule has 1 heterocycles. The molecule has 1 N–H and O–H groups in total. The predicted octanol–water partition coefficient (Wildman–Crippen LogP) is 1.34. The second-order valence-electron chi connectivity index (χ2n) is 4.87. The summed E-state index contributed by atoms with van der Waals surface area (Å²) >= 11 is 0. The van der Waals surface area contributed by atoms with Crippen LogP contribution in [0.2, 0.25) is 0 Å². The molecule has 2 rings (SSSR count). The van der Waals surface area contributed by atoms with Crippen molar-refractivity contribution < 1.29 is 19.1 Å². The van der Waals surface area contributed by atoms with Gasteiger partial charge >= 0.3 is 0 Å². The second-order valence-corrected chi connectivity index (χ2v) is 4.87. The van der Waals surface area contributed by atoms with E-state index in [9.17, 15) is 9.59 Å². The molecule has 0 aliphatic carbocycles. The largest absolute Gasteiger partial charge is 0.493 e. The van der Waals surface area contributed by atoms with Crippen LogP contribution < -0.4 is 19.7 Å². The monoisotopic (exact) mass is 292 g/mol. The van der Waals surface area contributed by atoms with Crippen molar-refractivity contribution >= 4 is 17.5 Å². The lowest BCUT2D eigenvalue weighted by molar-refractivity contribution is -0.121. The third-order valence-electron chi connectivity index (χ3n) is 3.49. The van der Waals surface area contributed by atoms with Crippen LogP contribution in [0.3, 0.4) is 0 Å². The molecule has 0 spiro atoms. The minimum atomic E-state index is -0.141. The van der Waals surface area contributed by atoms with Gasteiger partial charge < -0.3 is 19.7 Å². The van der Waals surface area contributed by atoms with Gasteiger partial charge in [0.15, 0.2) is 11.5 Å². The van der Waals surface area contributed by atoms with Crippen molar-refractivity contribution in [2.24, 2.45) is 0 Å². The van der Waals surface area contributed by atoms with E-state index in [2.05, 4.69) is 5.32 Å². The van der Waals surface area contributed by atoms with Gasteiger partial charge in [-0.15, -0.1) is 0 Å². The van der Waals surface area contributed by atoms with Crippen LogP contribution in [0.5, 0.6) is 11.5 Å². The van der Waals surface area contributed by atoms with E-state index in [1.54, 1.807) is 38.2 Å². The summed E-state index contributed by atoms with van der Waals surface area (Å²) in [6.07, 6.45) is 0.737. The second kappa shape index (κ2) is 6.47. The maximum Gasteiger partial charge on any atom is 0.229 e. The molecule has 21 heavy (non-hydrogen) atoms. The summed E-state index contributed by atoms with van der Waals surface area (Å²) in [5.74, 6) is 1.14. The van der Waals surface area contributed by atoms with Crippen molar-refractivity contribution in [2.75, 3.05) is 25.7 Å². The fourth-order valence-electron chi connectivity index (χ4n) is 2.38. The first-order chi connectivity index (χ1) is 10.1. The first kappa shape index (κ1) is 15.2. The highest BCUT2D eigenvalue weighted by Gasteiger charge is 2.31. The summed E-state index contributed by atoms with van der Waals surface area (Å²) < 4.78 is 10.4. The standard InChI is InChI=1S/C15H20N2O4/c1-4-14(18)16-10-7-15(19)17(9-10)11-5-6-12(20-2)13(8-11)21-3/h5-6,8,10H,4,7,9H2,1-3H3,(H,16,18)/t10-/m1/s1. The van der Waals surface area contributed by atoms with E-state index >= 15 is 0 Å². The molecule has 0 unspecified atom stereocenters. The van der Waals surface area contributed by atoms with E-state index in [-0.39, 0.29) is 17.9 Å². The van der Waals surface area contributed by atoms with Crippen LogP contribution in [-0.4, -0.2) is 38.6 Å². The number of hydrogen-bond donors (Lipinski definition) is 1. The maximum atomic E-state index is 12.1. The Morgan fingerprint density at radius 3 is 2.67 bits per heavy atom. The van der Waals surface area contributed by atoms with Gasteiger partial charge in [-0.1, -0.05) is 6.92 Å². The Morgan fingerprint density at radius 1 is 1.33 bits per heavy atom. The van der Waals surface area contributed by atoms with E-state index in [4.69, 9.17) is 9.47 Å². The van der Waals surface area contributed by atoms with Crippen molar-refractivity contribution in [1.29, 1.82) is 0 Å². The first-order valence-corrected chi connectivity index (χ1v) is 6.90. The Hall–Kier alpha value is -2.24. The van der Waals surface area contributed by atoms with Crippen molar-refractivity contribution in [1.82, 2.24) is 5.32 Å². The third-order valence-corrected chi connectivity index (χ3v) is 3.49. The average Bonchev–Trinajstić information content (AvgIpc) is 2.86. The lowest BCUT2D eigenvalue weighted by Crippen LogP contribution is -2.36. The van der Waals surface area contributed by atoms with Gasteiger partial charge in [-0.2, -0.15) is 0 Å². The molecule has 1 aromatic rings. The smallest absolute Gasteiger partial charge is 0.229 e. The van der Waals surface area contributed by atoms with E-state index in [1.165, 1.54) is 0 Å². The van der Waals surface area contributed by atoms with Crippen LogP contribution in [0.4, 0.5) is 5.69 Å². The molecule has 1 aromatic carbocycles. The van der Waals surface area contributed by atoms with Crippen LogP contribution in [0.1, 0.15) is 19.8 Å². The highest BCUT2D eigenvalue weighted by Crippen LogP contribution is 2.33. The predicted molar refractivity (Wildman–Crippen MR) is 78.7 cm³/mol. The van der Waals surface area contributed by atoms with E-state index < -0.39 is 0 Å². The number of rotatable bonds is 5. The topological polar surface area (TPSA) is 67.9 Å².